The maximum Gasteiger partial charge on any atom is 0.191 e. The van der Waals surface area contributed by atoms with Crippen LogP contribution in [0.3, 0.4) is 0 Å². The molecule has 0 bridgehead atoms. The highest BCUT2D eigenvalue weighted by molar-refractivity contribution is 5.79. The van der Waals surface area contributed by atoms with Crippen molar-refractivity contribution in [3.63, 3.8) is 0 Å². The van der Waals surface area contributed by atoms with E-state index in [4.69, 9.17) is 5.26 Å². The molecular formula is C18H19FN4. The SMILES string of the molecule is CN=C(NCCc1ccccc1F)NCc1ccc(C#N)cc1. The van der Waals surface area contributed by atoms with Crippen molar-refractivity contribution in [1.29, 1.82) is 5.26 Å². The van der Waals surface area contributed by atoms with Crippen molar-refractivity contribution in [2.75, 3.05) is 13.6 Å². The van der Waals surface area contributed by atoms with E-state index in [1.807, 2.05) is 18.2 Å². The minimum atomic E-state index is -0.185. The third-order valence-corrected chi connectivity index (χ3v) is 3.41. The van der Waals surface area contributed by atoms with Crippen molar-refractivity contribution >= 4 is 5.96 Å². The Morgan fingerprint density at radius 1 is 1.13 bits per heavy atom. The molecule has 5 heteroatoms. The van der Waals surface area contributed by atoms with Crippen molar-refractivity contribution in [1.82, 2.24) is 10.6 Å². The van der Waals surface area contributed by atoms with Crippen LogP contribution in [0.2, 0.25) is 0 Å². The van der Waals surface area contributed by atoms with Crippen molar-refractivity contribution in [3.8, 4) is 6.07 Å². The van der Waals surface area contributed by atoms with Crippen LogP contribution in [0.5, 0.6) is 0 Å². The standard InChI is InChI=1S/C18H19FN4/c1-21-18(22-11-10-16-4-2-3-5-17(16)19)23-13-15-8-6-14(12-20)7-9-15/h2-9H,10-11,13H2,1H3,(H2,21,22,23). The quantitative estimate of drug-likeness (QED) is 0.659. The highest BCUT2D eigenvalue weighted by atomic mass is 19.1. The van der Waals surface area contributed by atoms with Gasteiger partial charge in [-0.1, -0.05) is 30.3 Å². The predicted molar refractivity (Wildman–Crippen MR) is 89.5 cm³/mol. The van der Waals surface area contributed by atoms with Crippen molar-refractivity contribution in [2.24, 2.45) is 4.99 Å². The number of benzene rings is 2. The summed E-state index contributed by atoms with van der Waals surface area (Å²) in [7, 11) is 1.69. The average molecular weight is 310 g/mol. The van der Waals surface area contributed by atoms with Gasteiger partial charge < -0.3 is 10.6 Å². The van der Waals surface area contributed by atoms with Gasteiger partial charge in [0.1, 0.15) is 5.82 Å². The van der Waals surface area contributed by atoms with Gasteiger partial charge in [-0.15, -0.1) is 0 Å². The number of nitriles is 1. The zero-order valence-electron chi connectivity index (χ0n) is 13.0. The first-order valence-corrected chi connectivity index (χ1v) is 7.40. The molecule has 2 rings (SSSR count). The lowest BCUT2D eigenvalue weighted by Crippen LogP contribution is -2.37. The van der Waals surface area contributed by atoms with Gasteiger partial charge in [-0.25, -0.2) is 4.39 Å². The fourth-order valence-corrected chi connectivity index (χ4v) is 2.12. The number of nitrogens with zero attached hydrogens (tertiary/aromatic N) is 2. The molecule has 0 fully saturated rings. The highest BCUT2D eigenvalue weighted by Gasteiger charge is 2.02. The first kappa shape index (κ1) is 16.5. The minimum Gasteiger partial charge on any atom is -0.356 e. The van der Waals surface area contributed by atoms with Crippen LogP contribution in [0.15, 0.2) is 53.5 Å². The highest BCUT2D eigenvalue weighted by Crippen LogP contribution is 2.06. The number of rotatable bonds is 5. The van der Waals surface area contributed by atoms with Crippen LogP contribution in [0.1, 0.15) is 16.7 Å². The summed E-state index contributed by atoms with van der Waals surface area (Å²) in [4.78, 5) is 4.14. The van der Waals surface area contributed by atoms with E-state index < -0.39 is 0 Å². The summed E-state index contributed by atoms with van der Waals surface area (Å²) in [5.41, 5.74) is 2.38. The van der Waals surface area contributed by atoms with Crippen molar-refractivity contribution < 1.29 is 4.39 Å². The first-order chi connectivity index (χ1) is 11.2. The van der Waals surface area contributed by atoms with E-state index in [-0.39, 0.29) is 5.82 Å². The summed E-state index contributed by atoms with van der Waals surface area (Å²) >= 11 is 0. The monoisotopic (exact) mass is 310 g/mol. The summed E-state index contributed by atoms with van der Waals surface area (Å²) < 4.78 is 13.5. The maximum atomic E-state index is 13.5. The molecule has 2 aromatic carbocycles. The van der Waals surface area contributed by atoms with E-state index in [0.29, 0.717) is 36.6 Å². The Bertz CT molecular complexity index is 702. The molecule has 2 aromatic rings. The first-order valence-electron chi connectivity index (χ1n) is 7.40. The molecule has 2 N–H and O–H groups in total. The second-order valence-electron chi connectivity index (χ2n) is 5.00. The number of hydrogen-bond donors (Lipinski definition) is 2. The number of guanidine groups is 1. The van der Waals surface area contributed by atoms with Gasteiger partial charge in [0, 0.05) is 20.1 Å². The zero-order valence-corrected chi connectivity index (χ0v) is 13.0. The molecule has 0 saturated carbocycles. The summed E-state index contributed by atoms with van der Waals surface area (Å²) in [5, 5.41) is 15.1. The Balaban J connectivity index is 1.79. The van der Waals surface area contributed by atoms with E-state index in [1.165, 1.54) is 6.07 Å². The Hall–Kier alpha value is -2.87. The Morgan fingerprint density at radius 3 is 2.52 bits per heavy atom. The van der Waals surface area contributed by atoms with E-state index in [0.717, 1.165) is 5.56 Å². The van der Waals surface area contributed by atoms with Crippen LogP contribution >= 0.6 is 0 Å². The Labute approximate surface area is 135 Å². The summed E-state index contributed by atoms with van der Waals surface area (Å²) in [6, 6.07) is 16.2. The van der Waals surface area contributed by atoms with Crippen LogP contribution in [-0.4, -0.2) is 19.6 Å². The minimum absolute atomic E-state index is 0.185. The topological polar surface area (TPSA) is 60.2 Å². The molecule has 0 heterocycles. The zero-order chi connectivity index (χ0) is 16.5. The van der Waals surface area contributed by atoms with E-state index in [1.54, 1.807) is 31.3 Å². The van der Waals surface area contributed by atoms with E-state index in [2.05, 4.69) is 21.7 Å². The van der Waals surface area contributed by atoms with Gasteiger partial charge in [0.15, 0.2) is 5.96 Å². The molecule has 0 amide bonds. The number of hydrogen-bond acceptors (Lipinski definition) is 2. The second-order valence-corrected chi connectivity index (χ2v) is 5.00. The Kier molecular flexibility index (Phi) is 6.13. The molecule has 0 atom stereocenters. The molecule has 0 aliphatic heterocycles. The molecule has 23 heavy (non-hydrogen) atoms. The van der Waals surface area contributed by atoms with E-state index >= 15 is 0 Å². The third kappa shape index (κ3) is 5.11. The van der Waals surface area contributed by atoms with Crippen LogP contribution in [0.25, 0.3) is 0 Å². The van der Waals surface area contributed by atoms with Crippen molar-refractivity contribution in [3.05, 3.63) is 71.0 Å². The number of nitrogens with one attached hydrogen (secondary N) is 2. The smallest absolute Gasteiger partial charge is 0.191 e. The Morgan fingerprint density at radius 2 is 1.87 bits per heavy atom. The fourth-order valence-electron chi connectivity index (χ4n) is 2.12. The largest absolute Gasteiger partial charge is 0.356 e. The van der Waals surface area contributed by atoms with E-state index in [9.17, 15) is 4.39 Å². The van der Waals surface area contributed by atoms with Gasteiger partial charge in [-0.05, 0) is 35.7 Å². The summed E-state index contributed by atoms with van der Waals surface area (Å²) in [6.45, 7) is 1.19. The molecule has 0 unspecified atom stereocenters. The van der Waals surface area contributed by atoms with Crippen molar-refractivity contribution in [2.45, 2.75) is 13.0 Å². The van der Waals surface area contributed by atoms with Gasteiger partial charge in [0.2, 0.25) is 0 Å². The summed E-state index contributed by atoms with van der Waals surface area (Å²) in [5.74, 6) is 0.473. The van der Waals surface area contributed by atoms with Gasteiger partial charge in [-0.2, -0.15) is 5.26 Å². The third-order valence-electron chi connectivity index (χ3n) is 3.41. The predicted octanol–water partition coefficient (Wildman–Crippen LogP) is 2.61. The van der Waals surface area contributed by atoms with Gasteiger partial charge in [0.25, 0.3) is 0 Å². The maximum absolute atomic E-state index is 13.5. The van der Waals surface area contributed by atoms with Crippen LogP contribution in [0.4, 0.5) is 4.39 Å². The van der Waals surface area contributed by atoms with Crippen LogP contribution in [0, 0.1) is 17.1 Å². The average Bonchev–Trinajstić information content (AvgIpc) is 2.60. The molecule has 0 spiro atoms. The normalized spacial score (nSPS) is 10.9. The molecule has 0 radical (unpaired) electrons. The molecule has 0 aromatic heterocycles. The number of halogens is 1. The molecule has 4 nitrogen and oxygen atoms in total. The fraction of sp³-hybridized carbons (Fsp3) is 0.222. The molecular weight excluding hydrogens is 291 g/mol. The second kappa shape index (κ2) is 8.54. The molecule has 0 saturated heterocycles. The summed E-state index contributed by atoms with van der Waals surface area (Å²) in [6.07, 6.45) is 0.588. The van der Waals surface area contributed by atoms with Crippen LogP contribution < -0.4 is 10.6 Å². The molecule has 118 valence electrons. The van der Waals surface area contributed by atoms with Gasteiger partial charge >= 0.3 is 0 Å². The number of aliphatic imine (C=N–C) groups is 1. The molecule has 0 aliphatic rings. The van der Waals surface area contributed by atoms with Gasteiger partial charge in [0.05, 0.1) is 11.6 Å². The van der Waals surface area contributed by atoms with Crippen LogP contribution in [-0.2, 0) is 13.0 Å². The molecule has 0 aliphatic carbocycles. The lowest BCUT2D eigenvalue weighted by molar-refractivity contribution is 0.606. The van der Waals surface area contributed by atoms with Gasteiger partial charge in [-0.3, -0.25) is 4.99 Å². The lowest BCUT2D eigenvalue weighted by atomic mass is 10.1. The lowest BCUT2D eigenvalue weighted by Gasteiger charge is -2.12.